The van der Waals surface area contributed by atoms with Gasteiger partial charge in [-0.2, -0.15) is 13.2 Å². The number of urea groups is 1. The number of sulfonamides is 1. The van der Waals surface area contributed by atoms with Crippen LogP contribution in [0.3, 0.4) is 0 Å². The van der Waals surface area contributed by atoms with Crippen molar-refractivity contribution in [2.75, 3.05) is 18.4 Å². The molecule has 1 aliphatic heterocycles. The Hall–Kier alpha value is -1.99. The van der Waals surface area contributed by atoms with Crippen molar-refractivity contribution < 1.29 is 35.6 Å². The van der Waals surface area contributed by atoms with E-state index in [0.717, 1.165) is 15.8 Å². The van der Waals surface area contributed by atoms with E-state index in [1.807, 2.05) is 5.32 Å². The topological polar surface area (TPSA) is 109 Å². The van der Waals surface area contributed by atoms with Crippen LogP contribution in [0.15, 0.2) is 21.6 Å². The van der Waals surface area contributed by atoms with Gasteiger partial charge < -0.3 is 15.1 Å². The van der Waals surface area contributed by atoms with Crippen LogP contribution < -0.4 is 10.6 Å². The number of anilines is 1. The summed E-state index contributed by atoms with van der Waals surface area (Å²) in [5.74, 6) is -2.31. The molecule has 0 bridgehead atoms. The zero-order valence-corrected chi connectivity index (χ0v) is 16.7. The van der Waals surface area contributed by atoms with E-state index in [1.165, 1.54) is 6.92 Å². The smallest absolute Gasteiger partial charge is 0.451 e. The number of Topliss-reactive ketones (excluding diaryl/α,β-unsaturated/α-hetero) is 1. The fourth-order valence-electron chi connectivity index (χ4n) is 2.49. The lowest BCUT2D eigenvalue weighted by Crippen LogP contribution is -2.41. The number of carbonyl (C=O) groups excluding carboxylic acids is 2. The van der Waals surface area contributed by atoms with Crippen LogP contribution in [0, 0.1) is 6.92 Å². The minimum Gasteiger partial charge on any atom is -0.455 e. The molecule has 13 heteroatoms. The maximum absolute atomic E-state index is 12.9. The predicted octanol–water partition coefficient (Wildman–Crippen LogP) is 2.88. The fraction of sp³-hybridized carbons (Fsp3) is 0.467. The second-order valence-electron chi connectivity index (χ2n) is 5.67. The van der Waals surface area contributed by atoms with Crippen molar-refractivity contribution >= 4 is 39.3 Å². The molecule has 1 aromatic heterocycles. The average Bonchev–Trinajstić information content (AvgIpc) is 3.11. The Morgan fingerprint density at radius 3 is 2.43 bits per heavy atom. The van der Waals surface area contributed by atoms with E-state index in [9.17, 15) is 31.2 Å². The van der Waals surface area contributed by atoms with Gasteiger partial charge >= 0.3 is 12.2 Å². The first-order valence-electron chi connectivity index (χ1n) is 8.06. The normalized spacial score (nSPS) is 17.8. The molecule has 0 fully saturated rings. The molecule has 1 unspecified atom stereocenters. The van der Waals surface area contributed by atoms with Gasteiger partial charge in [0, 0.05) is 24.6 Å². The summed E-state index contributed by atoms with van der Waals surface area (Å²) in [5, 5.41) is 5.20. The Bertz CT molecular complexity index is 905. The van der Waals surface area contributed by atoms with Crippen LogP contribution in [0.4, 0.5) is 23.7 Å². The SMILES string of the molecule is CCN(CC)S(=O)(=O)C1SC=C(NC(=O)Nc2cc(C)oc2C(F)(F)F)C1=O. The molecule has 0 radical (unpaired) electrons. The third-order valence-corrected chi connectivity index (χ3v) is 7.62. The lowest BCUT2D eigenvalue weighted by molar-refractivity contribution is -0.152. The average molecular weight is 441 g/mol. The summed E-state index contributed by atoms with van der Waals surface area (Å²) >= 11 is 0.702. The van der Waals surface area contributed by atoms with Crippen molar-refractivity contribution in [3.63, 3.8) is 0 Å². The van der Waals surface area contributed by atoms with E-state index >= 15 is 0 Å². The molecule has 0 saturated carbocycles. The molecule has 156 valence electrons. The summed E-state index contributed by atoms with van der Waals surface area (Å²) in [6, 6.07) is -0.150. The highest BCUT2D eigenvalue weighted by atomic mass is 32.3. The van der Waals surface area contributed by atoms with Crippen molar-refractivity contribution in [3.05, 3.63) is 28.7 Å². The van der Waals surface area contributed by atoms with Gasteiger partial charge in [-0.15, -0.1) is 11.8 Å². The molecule has 1 aromatic rings. The van der Waals surface area contributed by atoms with Crippen LogP contribution in [0.1, 0.15) is 25.4 Å². The lowest BCUT2D eigenvalue weighted by Gasteiger charge is -2.21. The predicted molar refractivity (Wildman–Crippen MR) is 96.9 cm³/mol. The van der Waals surface area contributed by atoms with Crippen molar-refractivity contribution in [2.45, 2.75) is 31.5 Å². The number of nitrogens with zero attached hydrogens (tertiary/aromatic N) is 1. The summed E-state index contributed by atoms with van der Waals surface area (Å²) in [4.78, 5) is 24.4. The molecule has 2 amide bonds. The monoisotopic (exact) mass is 441 g/mol. The highest BCUT2D eigenvalue weighted by molar-refractivity contribution is 8.16. The first-order valence-corrected chi connectivity index (χ1v) is 10.5. The molecule has 0 aliphatic carbocycles. The van der Waals surface area contributed by atoms with Crippen LogP contribution in [-0.2, 0) is 21.0 Å². The summed E-state index contributed by atoms with van der Waals surface area (Å²) in [5.41, 5.74) is -0.939. The van der Waals surface area contributed by atoms with E-state index in [1.54, 1.807) is 13.8 Å². The van der Waals surface area contributed by atoms with Gasteiger partial charge in [0.25, 0.3) is 0 Å². The van der Waals surface area contributed by atoms with Gasteiger partial charge in [-0.25, -0.2) is 17.5 Å². The number of halogens is 3. The second-order valence-corrected chi connectivity index (χ2v) is 8.97. The maximum atomic E-state index is 12.9. The standard InChI is InChI=1S/C15H18F3N3O5S2/c1-4-21(5-2)28(24,25)13-11(22)10(7-27-13)20-14(23)19-9-6-8(3)26-12(9)15(16,17)18/h6-7,13H,4-5H2,1-3H3,(H2,19,20,23). The summed E-state index contributed by atoms with van der Waals surface area (Å²) in [6.45, 7) is 4.87. The third-order valence-electron chi connectivity index (χ3n) is 3.73. The molecule has 0 aromatic carbocycles. The zero-order valence-electron chi connectivity index (χ0n) is 15.1. The Morgan fingerprint density at radius 1 is 1.29 bits per heavy atom. The van der Waals surface area contributed by atoms with Crippen LogP contribution >= 0.6 is 11.8 Å². The highest BCUT2D eigenvalue weighted by Crippen LogP contribution is 2.37. The third kappa shape index (κ3) is 4.52. The Kier molecular flexibility index (Phi) is 6.51. The van der Waals surface area contributed by atoms with Gasteiger partial charge in [-0.3, -0.25) is 4.79 Å². The first-order chi connectivity index (χ1) is 12.9. The van der Waals surface area contributed by atoms with E-state index in [0.29, 0.717) is 11.8 Å². The first kappa shape index (κ1) is 22.3. The lowest BCUT2D eigenvalue weighted by atomic mass is 10.3. The van der Waals surface area contributed by atoms with E-state index in [2.05, 4.69) is 9.73 Å². The van der Waals surface area contributed by atoms with Gasteiger partial charge in [0.15, 0.2) is 4.58 Å². The molecular formula is C15H18F3N3O5S2. The number of alkyl halides is 3. The minimum atomic E-state index is -4.82. The van der Waals surface area contributed by atoms with Gasteiger partial charge in [0.1, 0.15) is 5.76 Å². The quantitative estimate of drug-likeness (QED) is 0.703. The number of thioether (sulfide) groups is 1. The second kappa shape index (κ2) is 8.17. The number of aryl methyl sites for hydroxylation is 1. The molecule has 0 saturated heterocycles. The Labute approximate surface area is 163 Å². The largest absolute Gasteiger partial charge is 0.455 e. The summed E-state index contributed by atoms with van der Waals surface area (Å²) in [7, 11) is -3.94. The Balaban J connectivity index is 2.10. The van der Waals surface area contributed by atoms with Crippen molar-refractivity contribution in [3.8, 4) is 0 Å². The van der Waals surface area contributed by atoms with Gasteiger partial charge in [-0.1, -0.05) is 13.8 Å². The van der Waals surface area contributed by atoms with Gasteiger partial charge in [-0.05, 0) is 6.92 Å². The molecule has 1 aliphatic rings. The number of hydrogen-bond donors (Lipinski definition) is 2. The van der Waals surface area contributed by atoms with Crippen molar-refractivity contribution in [2.24, 2.45) is 0 Å². The molecule has 8 nitrogen and oxygen atoms in total. The van der Waals surface area contributed by atoms with E-state index in [4.69, 9.17) is 0 Å². The highest BCUT2D eigenvalue weighted by Gasteiger charge is 2.42. The zero-order chi connectivity index (χ0) is 21.3. The number of ketones is 1. The molecular weight excluding hydrogens is 423 g/mol. The van der Waals surface area contributed by atoms with Crippen molar-refractivity contribution in [1.29, 1.82) is 0 Å². The number of amides is 2. The van der Waals surface area contributed by atoms with Crippen molar-refractivity contribution in [1.82, 2.24) is 9.62 Å². The molecule has 0 spiro atoms. The minimum absolute atomic E-state index is 0.0697. The molecule has 2 rings (SSSR count). The molecule has 28 heavy (non-hydrogen) atoms. The number of allylic oxidation sites excluding steroid dienone is 1. The number of furan rings is 1. The van der Waals surface area contributed by atoms with E-state index in [-0.39, 0.29) is 24.5 Å². The van der Waals surface area contributed by atoms with Crippen LogP contribution in [0.25, 0.3) is 0 Å². The maximum Gasteiger partial charge on any atom is 0.451 e. The molecule has 2 N–H and O–H groups in total. The number of hydrogen-bond acceptors (Lipinski definition) is 6. The van der Waals surface area contributed by atoms with Crippen LogP contribution in [0.2, 0.25) is 0 Å². The fourth-order valence-corrected chi connectivity index (χ4v) is 5.65. The number of nitrogens with one attached hydrogen (secondary N) is 2. The Morgan fingerprint density at radius 2 is 1.89 bits per heavy atom. The van der Waals surface area contributed by atoms with Gasteiger partial charge in [0.05, 0.1) is 11.4 Å². The molecule has 2 heterocycles. The summed E-state index contributed by atoms with van der Waals surface area (Å²) in [6.07, 6.45) is -4.82. The summed E-state index contributed by atoms with van der Waals surface area (Å²) < 4.78 is 67.8. The van der Waals surface area contributed by atoms with Crippen LogP contribution in [-0.4, -0.2) is 42.2 Å². The van der Waals surface area contributed by atoms with Crippen LogP contribution in [0.5, 0.6) is 0 Å². The molecule has 1 atom stereocenters. The van der Waals surface area contributed by atoms with Gasteiger partial charge in [0.2, 0.25) is 21.6 Å². The van der Waals surface area contributed by atoms with E-state index < -0.39 is 44.0 Å². The number of rotatable bonds is 6. The number of carbonyl (C=O) groups is 2.